The van der Waals surface area contributed by atoms with Gasteiger partial charge in [-0.2, -0.15) is 0 Å². The Morgan fingerprint density at radius 2 is 1.81 bits per heavy atom. The van der Waals surface area contributed by atoms with Crippen LogP contribution in [0.2, 0.25) is 0 Å². The topological polar surface area (TPSA) is 77.3 Å². The number of ether oxygens (including phenoxy) is 1. The van der Waals surface area contributed by atoms with Crippen LogP contribution in [0.3, 0.4) is 0 Å². The van der Waals surface area contributed by atoms with Gasteiger partial charge in [-0.25, -0.2) is 4.79 Å². The molecule has 5 rings (SSSR count). The smallest absolute Gasteiger partial charge is 0.331 e. The second-order valence-electron chi connectivity index (χ2n) is 8.03. The molecule has 2 aliphatic rings. The van der Waals surface area contributed by atoms with Crippen LogP contribution in [0.1, 0.15) is 30.6 Å². The number of carbonyl (C=O) groups is 2. The lowest BCUT2D eigenvalue weighted by Gasteiger charge is -2.38. The zero-order valence-electron chi connectivity index (χ0n) is 17.0. The Morgan fingerprint density at radius 1 is 1.16 bits per heavy atom. The molecular formula is C23H22N4O3S. The number of fused-ring (bicyclic) bond motifs is 1. The number of carbonyl (C=O) groups excluding carboxylic acids is 2. The van der Waals surface area contributed by atoms with Crippen LogP contribution in [0.4, 0.5) is 0 Å². The van der Waals surface area contributed by atoms with E-state index in [0.29, 0.717) is 13.0 Å². The largest absolute Gasteiger partial charge is 0.451 e. The minimum Gasteiger partial charge on any atom is -0.451 e. The van der Waals surface area contributed by atoms with Crippen LogP contribution >= 0.6 is 11.8 Å². The third-order valence-electron chi connectivity index (χ3n) is 5.82. The van der Waals surface area contributed by atoms with Crippen molar-refractivity contribution in [2.45, 2.75) is 42.2 Å². The molecule has 8 heteroatoms. The summed E-state index contributed by atoms with van der Waals surface area (Å²) in [6.45, 7) is 2.45. The highest BCUT2D eigenvalue weighted by Crippen LogP contribution is 2.52. The molecule has 0 N–H and O–H groups in total. The van der Waals surface area contributed by atoms with E-state index >= 15 is 0 Å². The molecule has 3 aromatic rings. The molecule has 2 aliphatic heterocycles. The predicted octanol–water partition coefficient (Wildman–Crippen LogP) is 3.04. The number of benzene rings is 2. The lowest BCUT2D eigenvalue weighted by molar-refractivity contribution is -0.164. The van der Waals surface area contributed by atoms with Crippen LogP contribution in [0, 0.1) is 0 Å². The molecule has 2 aromatic carbocycles. The fourth-order valence-corrected chi connectivity index (χ4v) is 6.12. The van der Waals surface area contributed by atoms with Gasteiger partial charge in [-0.15, -0.1) is 16.9 Å². The molecular weight excluding hydrogens is 412 g/mol. The fraction of sp³-hybridized carbons (Fsp3) is 0.304. The lowest BCUT2D eigenvalue weighted by Crippen LogP contribution is -2.58. The highest BCUT2D eigenvalue weighted by molar-refractivity contribution is 8.01. The van der Waals surface area contributed by atoms with Gasteiger partial charge in [-0.3, -0.25) is 9.48 Å². The van der Waals surface area contributed by atoms with Crippen molar-refractivity contribution in [2.75, 3.05) is 0 Å². The van der Waals surface area contributed by atoms with E-state index in [0.717, 1.165) is 11.1 Å². The highest BCUT2D eigenvalue weighted by atomic mass is 32.2. The molecule has 1 amide bonds. The first-order valence-electron chi connectivity index (χ1n) is 10.2. The normalized spacial score (nSPS) is 24.7. The molecule has 3 atom stereocenters. The number of β-lactam (4-membered cyclic amide) rings is 1. The number of rotatable bonds is 6. The summed E-state index contributed by atoms with van der Waals surface area (Å²) in [5.74, 6) is -0.416. The van der Waals surface area contributed by atoms with Crippen LogP contribution in [-0.2, 0) is 20.9 Å². The van der Waals surface area contributed by atoms with E-state index in [1.807, 2.05) is 67.6 Å². The summed E-state index contributed by atoms with van der Waals surface area (Å²) >= 11 is 1.64. The zero-order chi connectivity index (χ0) is 21.4. The van der Waals surface area contributed by atoms with Gasteiger partial charge >= 0.3 is 5.97 Å². The zero-order valence-corrected chi connectivity index (χ0v) is 17.8. The summed E-state index contributed by atoms with van der Waals surface area (Å²) in [5, 5.41) is 7.92. The summed E-state index contributed by atoms with van der Waals surface area (Å²) in [6, 6.07) is 18.6. The van der Waals surface area contributed by atoms with Crippen molar-refractivity contribution in [3.63, 3.8) is 0 Å². The van der Waals surface area contributed by atoms with Crippen LogP contribution < -0.4 is 0 Å². The predicted molar refractivity (Wildman–Crippen MR) is 116 cm³/mol. The van der Waals surface area contributed by atoms with Crippen molar-refractivity contribution in [1.82, 2.24) is 19.9 Å². The monoisotopic (exact) mass is 434 g/mol. The minimum absolute atomic E-state index is 0.00882. The molecule has 0 spiro atoms. The standard InChI is InChI=1S/C23H22N4O3S/c1-23(15-26-13-12-24-25-26)21(27-18(28)14-19(27)31-23)22(29)30-20(16-8-4-2-5-9-16)17-10-6-3-7-11-17/h2-13,19-21H,14-15H2,1H3/t19-,21+,23-/m1/s1. The number of thioether (sulfide) groups is 1. The highest BCUT2D eigenvalue weighted by Gasteiger charge is 2.61. The van der Waals surface area contributed by atoms with E-state index in [2.05, 4.69) is 10.3 Å². The molecule has 7 nitrogen and oxygen atoms in total. The molecule has 0 radical (unpaired) electrons. The van der Waals surface area contributed by atoms with Gasteiger partial charge in [0.1, 0.15) is 6.04 Å². The fourth-order valence-electron chi connectivity index (χ4n) is 4.37. The summed E-state index contributed by atoms with van der Waals surface area (Å²) < 4.78 is 7.26. The van der Waals surface area contributed by atoms with E-state index in [-0.39, 0.29) is 11.3 Å². The first kappa shape index (κ1) is 19.8. The molecule has 0 saturated carbocycles. The SMILES string of the molecule is C[C@]1(Cn2ccnn2)S[C@@H]2CC(=O)N2[C@H]1C(=O)OC(c1ccccc1)c1ccccc1. The quantitative estimate of drug-likeness (QED) is 0.438. The van der Waals surface area contributed by atoms with Crippen LogP contribution in [-0.4, -0.2) is 47.9 Å². The second kappa shape index (κ2) is 7.85. The van der Waals surface area contributed by atoms with Crippen molar-refractivity contribution in [2.24, 2.45) is 0 Å². The van der Waals surface area contributed by atoms with Gasteiger partial charge in [0.25, 0.3) is 0 Å². The van der Waals surface area contributed by atoms with Gasteiger partial charge in [0.15, 0.2) is 6.10 Å². The Hall–Kier alpha value is -3.13. The molecule has 0 aliphatic carbocycles. The molecule has 3 heterocycles. The summed E-state index contributed by atoms with van der Waals surface area (Å²) in [6.07, 6.45) is 3.27. The van der Waals surface area contributed by atoms with Crippen molar-refractivity contribution in [3.8, 4) is 0 Å². The van der Waals surface area contributed by atoms with Gasteiger partial charge in [-0.05, 0) is 18.1 Å². The van der Waals surface area contributed by atoms with Crippen molar-refractivity contribution >= 4 is 23.6 Å². The van der Waals surface area contributed by atoms with E-state index in [4.69, 9.17) is 4.74 Å². The molecule has 0 bridgehead atoms. The molecule has 1 aromatic heterocycles. The molecule has 158 valence electrons. The third-order valence-corrected chi connectivity index (χ3v) is 7.38. The average molecular weight is 435 g/mol. The van der Waals surface area contributed by atoms with Crippen LogP contribution in [0.15, 0.2) is 73.1 Å². The Labute approximate surface area is 184 Å². The van der Waals surface area contributed by atoms with Crippen LogP contribution in [0.25, 0.3) is 0 Å². The summed E-state index contributed by atoms with van der Waals surface area (Å²) in [4.78, 5) is 27.7. The number of nitrogens with zero attached hydrogens (tertiary/aromatic N) is 4. The van der Waals surface area contributed by atoms with Crippen molar-refractivity contribution in [3.05, 3.63) is 84.2 Å². The van der Waals surface area contributed by atoms with Gasteiger partial charge < -0.3 is 9.64 Å². The Kier molecular flexibility index (Phi) is 5.02. The van der Waals surface area contributed by atoms with E-state index < -0.39 is 22.9 Å². The molecule has 2 saturated heterocycles. The van der Waals surface area contributed by atoms with Gasteiger partial charge in [0.05, 0.1) is 29.3 Å². The number of hydrogen-bond acceptors (Lipinski definition) is 6. The molecule has 0 unspecified atom stereocenters. The number of hydrogen-bond donors (Lipinski definition) is 0. The third kappa shape index (κ3) is 3.61. The Balaban J connectivity index is 1.46. The van der Waals surface area contributed by atoms with Gasteiger partial charge in [0, 0.05) is 6.20 Å². The Bertz CT molecular complexity index is 1040. The number of esters is 1. The summed E-state index contributed by atoms with van der Waals surface area (Å²) in [5.41, 5.74) is 1.77. The minimum atomic E-state index is -0.692. The maximum absolute atomic E-state index is 13.6. The first-order valence-corrected chi connectivity index (χ1v) is 11.1. The van der Waals surface area contributed by atoms with E-state index in [9.17, 15) is 9.59 Å². The van der Waals surface area contributed by atoms with Crippen LogP contribution in [0.5, 0.6) is 0 Å². The van der Waals surface area contributed by atoms with E-state index in [1.54, 1.807) is 33.7 Å². The van der Waals surface area contributed by atoms with Crippen molar-refractivity contribution < 1.29 is 14.3 Å². The summed E-state index contributed by atoms with van der Waals surface area (Å²) in [7, 11) is 0. The van der Waals surface area contributed by atoms with E-state index in [1.165, 1.54) is 0 Å². The number of amides is 1. The molecule has 2 fully saturated rings. The Morgan fingerprint density at radius 3 is 2.35 bits per heavy atom. The first-order chi connectivity index (χ1) is 15.0. The van der Waals surface area contributed by atoms with Gasteiger partial charge in [0.2, 0.25) is 5.91 Å². The maximum Gasteiger partial charge on any atom is 0.331 e. The molecule has 31 heavy (non-hydrogen) atoms. The average Bonchev–Trinajstić information content (AvgIpc) is 3.36. The van der Waals surface area contributed by atoms with Gasteiger partial charge in [-0.1, -0.05) is 65.9 Å². The maximum atomic E-state index is 13.6. The number of aromatic nitrogens is 3. The lowest BCUT2D eigenvalue weighted by atomic mass is 9.95. The van der Waals surface area contributed by atoms with Crippen molar-refractivity contribution in [1.29, 1.82) is 0 Å². The second-order valence-corrected chi connectivity index (χ2v) is 9.74.